The second-order valence-electron chi connectivity index (χ2n) is 17.5. The fraction of sp³-hybridized carbons (Fsp3) is 0.145. The van der Waals surface area contributed by atoms with Gasteiger partial charge in [0.25, 0.3) is 15.5 Å². The smallest absolute Gasteiger partial charge is 1.00 e. The number of fused-ring (bicyclic) bond motifs is 2. The first-order chi connectivity index (χ1) is 42.0. The monoisotopic (exact) mass is 1780 g/mol. The molecule has 7 aromatic heterocycles. The molecule has 0 fully saturated rings. The van der Waals surface area contributed by atoms with Gasteiger partial charge in [0.15, 0.2) is 33.5 Å². The number of aromatic hydroxyl groups is 4. The van der Waals surface area contributed by atoms with Crippen molar-refractivity contribution in [3.05, 3.63) is 227 Å². The Hall–Kier alpha value is -4.66. The third kappa shape index (κ3) is 31.9. The van der Waals surface area contributed by atoms with E-state index in [1.165, 1.54) is 6.20 Å². The number of alkyl halides is 1. The van der Waals surface area contributed by atoms with Crippen LogP contribution in [0, 0.1) is 51.3 Å². The Labute approximate surface area is 652 Å². The molecule has 0 radical (unpaired) electrons. The largest absolute Gasteiger partial charge is 1.00 e. The first-order valence-corrected chi connectivity index (χ1v) is 31.6. The average Bonchev–Trinajstić information content (AvgIpc) is 1.67. The summed E-state index contributed by atoms with van der Waals surface area (Å²) in [6.45, 7) is 9.51. The van der Waals surface area contributed by atoms with Crippen molar-refractivity contribution in [2.45, 2.75) is 34.6 Å². The van der Waals surface area contributed by atoms with Crippen molar-refractivity contribution in [3.8, 4) is 34.8 Å². The molecule has 0 amide bonds. The summed E-state index contributed by atoms with van der Waals surface area (Å²) in [5, 5.41) is 51.4. The van der Waals surface area contributed by atoms with Gasteiger partial charge in [0, 0.05) is 83.8 Å². The van der Waals surface area contributed by atoms with Gasteiger partial charge in [0.2, 0.25) is 0 Å². The van der Waals surface area contributed by atoms with Crippen LogP contribution in [0.4, 0.5) is 11.4 Å². The molecule has 4 aromatic carbocycles. The van der Waals surface area contributed by atoms with Gasteiger partial charge in [-0.15, -0.1) is 0 Å². The molecule has 0 atom stereocenters. The molecular formula is C62H64ClI4N9Na2O10S3. The van der Waals surface area contributed by atoms with Gasteiger partial charge in [-0.2, -0.15) is 14.5 Å². The van der Waals surface area contributed by atoms with Crippen LogP contribution in [0.2, 0.25) is 5.35 Å². The van der Waals surface area contributed by atoms with Crippen molar-refractivity contribution in [3.63, 3.8) is 0 Å². The van der Waals surface area contributed by atoms with Gasteiger partial charge in [-0.1, -0.05) is 108 Å². The molecule has 7 heterocycles. The standard InChI is InChI=1S/C14H12N2O2S.C13H12N2S.C7H4ClNO.C7H8INO.C7H9NOS.C6H6INO.C6H7NO.CH3I.CH2O3.HI.2Na.H/c1-9-7-8-12(13(19)16(9)2)18-14-15-10-5-3-4-6-11(10)17-14;16-13(14-11-7-3-1-4-8-11)15-12-9-5-2-6-10-12;8-7-9-5-3-1-2-4-6(5)10-7;1-5-3-4-6(10)7(8)9(5)2;1-5-3-4-6(9)7(10)8(5)2;1-4-2-3-5(9)6(7)8-4;1-5-2-3-6(8)4-7-5;1-2;2-1-4-3;;;;/h3-8H,1-2H3;1-10H,(H2,14,15,16);1-4H;3-4H,1-2H3;3-4,9H,1-2H3;2-3,9H,1H3;2-4,8H,1H3;1H3;1,3H;1H;;;/q;;;;;;;;;;2*+1;-1/p-1. The van der Waals surface area contributed by atoms with Gasteiger partial charge in [-0.3, -0.25) is 9.78 Å². The van der Waals surface area contributed by atoms with Crippen molar-refractivity contribution in [1.29, 1.82) is 0 Å². The fourth-order valence-electron chi connectivity index (χ4n) is 6.35. The summed E-state index contributed by atoms with van der Waals surface area (Å²) in [5.74, 6) is 1.54. The molecule has 91 heavy (non-hydrogen) atoms. The first-order valence-electron chi connectivity index (χ1n) is 25.6. The van der Waals surface area contributed by atoms with Crippen molar-refractivity contribution in [1.82, 2.24) is 29.1 Å². The van der Waals surface area contributed by atoms with Crippen LogP contribution in [0.1, 0.15) is 29.9 Å². The van der Waals surface area contributed by atoms with E-state index >= 15 is 0 Å². The SMILES string of the molecule is CI.Cc1ccc(O)c(=S)n1C.Cc1ccc(O)c(I)[n+]1C.Cc1ccc(O)c(I)n1.Cc1ccc(O)cn1.Cc1ccc(Oc2nc3ccccc3o2)c(=S)n1C.Clc1nc2ccccc2o1.O=CO[O-].S=C(Nc1ccccc1)Nc1ccccc1.[H-].[I-].[Na+].[Na+]. The van der Waals surface area contributed by atoms with Crippen LogP contribution in [0.5, 0.6) is 34.8 Å². The summed E-state index contributed by atoms with van der Waals surface area (Å²) in [6.07, 6.45) is 1.63. The Balaban J connectivity index is 0. The molecule has 472 valence electrons. The molecule has 29 heteroatoms. The predicted octanol–water partition coefficient (Wildman–Crippen LogP) is 6.28. The minimum absolute atomic E-state index is 0. The van der Waals surface area contributed by atoms with E-state index in [-0.39, 0.29) is 120 Å². The summed E-state index contributed by atoms with van der Waals surface area (Å²) in [5.41, 5.74) is 10.0. The number of carbonyl (C=O) groups excluding carboxylic acids is 1. The number of ether oxygens (including phenoxy) is 1. The van der Waals surface area contributed by atoms with Crippen molar-refractivity contribution in [2.75, 3.05) is 15.6 Å². The molecule has 19 nitrogen and oxygen atoms in total. The zero-order valence-corrected chi connectivity index (χ0v) is 67.1. The number of rotatable bonds is 5. The van der Waals surface area contributed by atoms with Gasteiger partial charge in [0.1, 0.15) is 48.3 Å². The number of hydrogen-bond donors (Lipinski definition) is 6. The maximum absolute atomic E-state index is 9.20. The number of para-hydroxylation sites is 6. The van der Waals surface area contributed by atoms with E-state index in [4.69, 9.17) is 87.2 Å². The number of hydrogen-bond acceptors (Lipinski definition) is 17. The number of nitrogens with zero attached hydrogens (tertiary/aromatic N) is 7. The molecule has 0 spiro atoms. The van der Waals surface area contributed by atoms with Crippen LogP contribution >= 0.6 is 116 Å². The van der Waals surface area contributed by atoms with Crippen molar-refractivity contribution in [2.24, 2.45) is 21.1 Å². The van der Waals surface area contributed by atoms with Crippen LogP contribution in [-0.4, -0.2) is 66.0 Å². The number of halogens is 5. The van der Waals surface area contributed by atoms with E-state index in [1.54, 1.807) is 41.0 Å². The van der Waals surface area contributed by atoms with Gasteiger partial charge in [0.05, 0.1) is 6.20 Å². The number of nitrogens with one attached hydrogen (secondary N) is 2. The Morgan fingerprint density at radius 2 is 1.10 bits per heavy atom. The van der Waals surface area contributed by atoms with E-state index in [9.17, 15) is 5.11 Å². The van der Waals surface area contributed by atoms with Crippen LogP contribution in [0.15, 0.2) is 185 Å². The second kappa shape index (κ2) is 47.3. The van der Waals surface area contributed by atoms with E-state index in [2.05, 4.69) is 80.6 Å². The Kier molecular flexibility index (Phi) is 44.8. The van der Waals surface area contributed by atoms with E-state index in [1.807, 2.05) is 226 Å². The summed E-state index contributed by atoms with van der Waals surface area (Å²) in [4.78, 5) is 29.2. The van der Waals surface area contributed by atoms with E-state index in [0.29, 0.717) is 35.2 Å². The number of aromatic nitrogens is 7. The molecule has 0 saturated heterocycles. The normalized spacial score (nSPS) is 9.30. The number of pyridine rings is 5. The summed E-state index contributed by atoms with van der Waals surface area (Å²) in [7, 11) is 5.66. The molecule has 0 bridgehead atoms. The topological polar surface area (TPSA) is 255 Å². The Morgan fingerprint density at radius 1 is 0.637 bits per heavy atom. The molecule has 0 unspecified atom stereocenters. The first kappa shape index (κ1) is 86.3. The second-order valence-corrected chi connectivity index (χ2v) is 21.1. The van der Waals surface area contributed by atoms with Crippen LogP contribution in [0.3, 0.4) is 0 Å². The van der Waals surface area contributed by atoms with E-state index < -0.39 is 0 Å². The number of anilines is 2. The van der Waals surface area contributed by atoms with Crippen LogP contribution in [-0.2, 0) is 30.8 Å². The van der Waals surface area contributed by atoms with Crippen molar-refractivity contribution >= 4 is 161 Å². The van der Waals surface area contributed by atoms with Crippen LogP contribution in [0.25, 0.3) is 22.2 Å². The zero-order valence-electron chi connectivity index (χ0n) is 52.3. The molecule has 6 N–H and O–H groups in total. The number of benzene rings is 4. The maximum atomic E-state index is 9.20. The van der Waals surface area contributed by atoms with Crippen molar-refractivity contribution < 1.29 is 138 Å². The fourth-order valence-corrected chi connectivity index (χ4v) is 8.35. The minimum Gasteiger partial charge on any atom is -1.00 e. The summed E-state index contributed by atoms with van der Waals surface area (Å²) in [6, 6.07) is 52.2. The molecule has 0 aliphatic rings. The third-order valence-corrected chi connectivity index (χ3v) is 14.7. The third-order valence-electron chi connectivity index (χ3n) is 11.3. The van der Waals surface area contributed by atoms with E-state index in [0.717, 1.165) is 60.2 Å². The summed E-state index contributed by atoms with van der Waals surface area (Å²) < 4.78 is 24.4. The van der Waals surface area contributed by atoms with Gasteiger partial charge in [-0.25, -0.2) is 4.98 Å². The molecule has 0 aliphatic carbocycles. The number of carbonyl (C=O) groups is 1. The molecule has 0 aliphatic heterocycles. The number of oxazole rings is 2. The zero-order chi connectivity index (χ0) is 65.3. The number of aryl methyl sites for hydroxylation is 5. The average molecular weight is 1780 g/mol. The maximum Gasteiger partial charge on any atom is 1.00 e. The quantitative estimate of drug-likeness (QED) is 0.0128. The number of thiocarbonyl (C=S) groups is 1. The molecule has 0 saturated carbocycles. The Bertz CT molecular complexity index is 3920. The molecular weight excluding hydrogens is 1720 g/mol. The van der Waals surface area contributed by atoms with Gasteiger partial charge in [-0.05, 0) is 182 Å². The predicted molar refractivity (Wildman–Crippen MR) is 378 cm³/mol. The molecule has 11 rings (SSSR count). The summed E-state index contributed by atoms with van der Waals surface area (Å²) >= 11 is 27.2. The Morgan fingerprint density at radius 3 is 1.55 bits per heavy atom. The van der Waals surface area contributed by atoms with Gasteiger partial charge < -0.3 is 89.3 Å². The van der Waals surface area contributed by atoms with Crippen LogP contribution < -0.4 is 108 Å². The minimum atomic E-state index is -0.181. The molecule has 11 aromatic rings. The van der Waals surface area contributed by atoms with Gasteiger partial charge >= 0.3 is 65.2 Å².